The standard InChI is InChI=1S/C25H33N3O3S2/c1-7-27(8-2)16-17-28(23(29)18-12-14-19(15-13-18)25(3,4)5)24-26-22-20(32-24)10-9-11-21(22)33(6,30)31/h9-15H,7-8,16-17H2,1-6H3. The van der Waals surface area contributed by atoms with Crippen LogP contribution in [0.1, 0.15) is 50.5 Å². The lowest BCUT2D eigenvalue weighted by Gasteiger charge is -2.25. The number of rotatable bonds is 8. The van der Waals surface area contributed by atoms with E-state index in [1.54, 1.807) is 17.0 Å². The SMILES string of the molecule is CCN(CC)CCN(C(=O)c1ccc(C(C)(C)C)cc1)c1nc2c(S(C)(=O)=O)cccc2s1. The van der Waals surface area contributed by atoms with Gasteiger partial charge in [-0.3, -0.25) is 9.69 Å². The molecule has 0 spiro atoms. The second kappa shape index (κ2) is 9.91. The lowest BCUT2D eigenvalue weighted by Crippen LogP contribution is -2.38. The molecule has 0 aliphatic heterocycles. The number of para-hydroxylation sites is 1. The minimum atomic E-state index is -3.43. The van der Waals surface area contributed by atoms with Crippen LogP contribution in [-0.2, 0) is 15.3 Å². The molecular weight excluding hydrogens is 454 g/mol. The zero-order valence-electron chi connectivity index (χ0n) is 20.3. The summed E-state index contributed by atoms with van der Waals surface area (Å²) in [6.45, 7) is 13.5. The Morgan fingerprint density at radius 3 is 2.18 bits per heavy atom. The average Bonchev–Trinajstić information content (AvgIpc) is 3.19. The Bertz CT molecular complexity index is 1220. The van der Waals surface area contributed by atoms with Crippen LogP contribution in [0, 0.1) is 0 Å². The summed E-state index contributed by atoms with van der Waals surface area (Å²) in [4.78, 5) is 22.4. The Kier molecular flexibility index (Phi) is 7.61. The highest BCUT2D eigenvalue weighted by molar-refractivity contribution is 7.91. The molecule has 1 aromatic heterocycles. The van der Waals surface area contributed by atoms with Gasteiger partial charge in [0.25, 0.3) is 5.91 Å². The molecule has 3 aromatic rings. The van der Waals surface area contributed by atoms with Crippen molar-refractivity contribution in [3.05, 3.63) is 53.6 Å². The van der Waals surface area contributed by atoms with Crippen LogP contribution in [0.5, 0.6) is 0 Å². The van der Waals surface area contributed by atoms with Crippen molar-refractivity contribution in [3.8, 4) is 0 Å². The van der Waals surface area contributed by atoms with E-state index < -0.39 is 9.84 Å². The molecule has 3 rings (SSSR count). The van der Waals surface area contributed by atoms with Crippen LogP contribution in [0.2, 0.25) is 0 Å². The van der Waals surface area contributed by atoms with Gasteiger partial charge in [-0.05, 0) is 48.3 Å². The Morgan fingerprint density at radius 1 is 1.00 bits per heavy atom. The van der Waals surface area contributed by atoms with Gasteiger partial charge in [0, 0.05) is 24.9 Å². The van der Waals surface area contributed by atoms with Crippen LogP contribution in [-0.4, -0.2) is 56.6 Å². The fraction of sp³-hybridized carbons (Fsp3) is 0.440. The van der Waals surface area contributed by atoms with E-state index >= 15 is 0 Å². The number of amides is 1. The third kappa shape index (κ3) is 5.80. The van der Waals surface area contributed by atoms with Crippen LogP contribution in [0.4, 0.5) is 5.13 Å². The van der Waals surface area contributed by atoms with E-state index in [1.807, 2.05) is 30.3 Å². The summed E-state index contributed by atoms with van der Waals surface area (Å²) >= 11 is 1.34. The van der Waals surface area contributed by atoms with Crippen LogP contribution < -0.4 is 4.90 Å². The Labute approximate surface area is 201 Å². The summed E-state index contributed by atoms with van der Waals surface area (Å²) in [5.41, 5.74) is 2.17. The van der Waals surface area contributed by atoms with Crippen molar-refractivity contribution in [2.45, 2.75) is 44.9 Å². The minimum absolute atomic E-state index is 0.000898. The van der Waals surface area contributed by atoms with E-state index in [9.17, 15) is 13.2 Å². The summed E-state index contributed by atoms with van der Waals surface area (Å²) in [6.07, 6.45) is 1.18. The third-order valence-electron chi connectivity index (χ3n) is 5.78. The first kappa shape index (κ1) is 25.3. The number of anilines is 1. The van der Waals surface area contributed by atoms with Crippen molar-refractivity contribution < 1.29 is 13.2 Å². The monoisotopic (exact) mass is 487 g/mol. The van der Waals surface area contributed by atoms with E-state index in [1.165, 1.54) is 17.6 Å². The molecule has 6 nitrogen and oxygen atoms in total. The first-order chi connectivity index (χ1) is 15.5. The van der Waals surface area contributed by atoms with Crippen LogP contribution in [0.25, 0.3) is 10.2 Å². The van der Waals surface area contributed by atoms with Gasteiger partial charge in [-0.1, -0.05) is 64.2 Å². The van der Waals surface area contributed by atoms with Crippen molar-refractivity contribution >= 4 is 42.4 Å². The lowest BCUT2D eigenvalue weighted by molar-refractivity contribution is 0.0983. The van der Waals surface area contributed by atoms with Gasteiger partial charge < -0.3 is 4.90 Å². The van der Waals surface area contributed by atoms with Crippen molar-refractivity contribution in [3.63, 3.8) is 0 Å². The molecule has 0 unspecified atom stereocenters. The minimum Gasteiger partial charge on any atom is -0.302 e. The fourth-order valence-corrected chi connectivity index (χ4v) is 5.57. The maximum absolute atomic E-state index is 13.6. The highest BCUT2D eigenvalue weighted by Gasteiger charge is 2.24. The first-order valence-corrected chi connectivity index (χ1v) is 13.9. The van der Waals surface area contributed by atoms with Gasteiger partial charge in [-0.2, -0.15) is 0 Å². The lowest BCUT2D eigenvalue weighted by atomic mass is 9.86. The molecule has 8 heteroatoms. The average molecular weight is 488 g/mol. The molecule has 0 fully saturated rings. The maximum atomic E-state index is 13.6. The summed E-state index contributed by atoms with van der Waals surface area (Å²) in [5.74, 6) is -0.137. The quantitative estimate of drug-likeness (QED) is 0.448. The van der Waals surface area contributed by atoms with Crippen molar-refractivity contribution in [2.75, 3.05) is 37.3 Å². The molecule has 0 saturated heterocycles. The van der Waals surface area contributed by atoms with Gasteiger partial charge in [0.05, 0.1) is 9.60 Å². The number of hydrogen-bond acceptors (Lipinski definition) is 6. The zero-order valence-corrected chi connectivity index (χ0v) is 21.9. The molecule has 1 amide bonds. The number of benzene rings is 2. The number of nitrogens with zero attached hydrogens (tertiary/aromatic N) is 3. The number of thiazole rings is 1. The zero-order chi connectivity index (χ0) is 24.4. The molecule has 0 N–H and O–H groups in total. The first-order valence-electron chi connectivity index (χ1n) is 11.2. The largest absolute Gasteiger partial charge is 0.302 e. The molecule has 178 valence electrons. The van der Waals surface area contributed by atoms with Gasteiger partial charge in [0.2, 0.25) is 0 Å². The predicted octanol–water partition coefficient (Wildman–Crippen LogP) is 4.99. The molecule has 0 radical (unpaired) electrons. The maximum Gasteiger partial charge on any atom is 0.260 e. The number of likely N-dealkylation sites (N-methyl/N-ethyl adjacent to an activating group) is 1. The van der Waals surface area contributed by atoms with Gasteiger partial charge in [-0.25, -0.2) is 13.4 Å². The second-order valence-corrected chi connectivity index (χ2v) is 12.2. The molecule has 0 aliphatic rings. The predicted molar refractivity (Wildman–Crippen MR) is 137 cm³/mol. The summed E-state index contributed by atoms with van der Waals surface area (Å²) in [6, 6.07) is 12.8. The number of carbonyl (C=O) groups excluding carboxylic acids is 1. The molecule has 0 aliphatic carbocycles. The number of carbonyl (C=O) groups is 1. The van der Waals surface area contributed by atoms with Gasteiger partial charge >= 0.3 is 0 Å². The Hall–Kier alpha value is -2.29. The van der Waals surface area contributed by atoms with Crippen LogP contribution in [0.3, 0.4) is 0 Å². The molecular formula is C25H33N3O3S2. The number of fused-ring (bicyclic) bond motifs is 1. The van der Waals surface area contributed by atoms with Gasteiger partial charge in [0.1, 0.15) is 5.52 Å². The molecule has 0 bridgehead atoms. The van der Waals surface area contributed by atoms with E-state index in [0.29, 0.717) is 29.3 Å². The molecule has 0 atom stereocenters. The van der Waals surface area contributed by atoms with E-state index in [0.717, 1.165) is 23.4 Å². The summed E-state index contributed by atoms with van der Waals surface area (Å²) < 4.78 is 25.3. The topological polar surface area (TPSA) is 70.6 Å². The van der Waals surface area contributed by atoms with E-state index in [2.05, 4.69) is 44.5 Å². The summed E-state index contributed by atoms with van der Waals surface area (Å²) in [7, 11) is -3.43. The fourth-order valence-electron chi connectivity index (χ4n) is 3.66. The summed E-state index contributed by atoms with van der Waals surface area (Å²) in [5, 5.41) is 0.512. The number of aromatic nitrogens is 1. The van der Waals surface area contributed by atoms with E-state index in [4.69, 9.17) is 0 Å². The normalized spacial score (nSPS) is 12.5. The third-order valence-corrected chi connectivity index (χ3v) is 7.95. The molecule has 0 saturated carbocycles. The van der Waals surface area contributed by atoms with Crippen molar-refractivity contribution in [2.24, 2.45) is 0 Å². The molecule has 2 aromatic carbocycles. The van der Waals surface area contributed by atoms with Crippen molar-refractivity contribution in [1.29, 1.82) is 0 Å². The van der Waals surface area contributed by atoms with Gasteiger partial charge in [0.15, 0.2) is 15.0 Å². The second-order valence-electron chi connectivity index (χ2n) is 9.18. The van der Waals surface area contributed by atoms with Gasteiger partial charge in [-0.15, -0.1) is 0 Å². The van der Waals surface area contributed by atoms with E-state index in [-0.39, 0.29) is 16.2 Å². The Morgan fingerprint density at radius 2 is 1.64 bits per heavy atom. The van der Waals surface area contributed by atoms with Crippen LogP contribution in [0.15, 0.2) is 47.4 Å². The van der Waals surface area contributed by atoms with Crippen molar-refractivity contribution in [1.82, 2.24) is 9.88 Å². The number of sulfone groups is 1. The molecule has 1 heterocycles. The highest BCUT2D eigenvalue weighted by Crippen LogP contribution is 2.33. The van der Waals surface area contributed by atoms with Crippen LogP contribution >= 0.6 is 11.3 Å². The number of hydrogen-bond donors (Lipinski definition) is 0. The highest BCUT2D eigenvalue weighted by atomic mass is 32.2. The molecule has 33 heavy (non-hydrogen) atoms. The Balaban J connectivity index is 2.04. The smallest absolute Gasteiger partial charge is 0.260 e.